The topological polar surface area (TPSA) is 29.5 Å². The summed E-state index contributed by atoms with van der Waals surface area (Å²) in [7, 11) is 0. The van der Waals surface area contributed by atoms with E-state index in [0.717, 1.165) is 24.2 Å². The van der Waals surface area contributed by atoms with Gasteiger partial charge in [-0.15, -0.1) is 0 Å². The van der Waals surface area contributed by atoms with Gasteiger partial charge in [0.15, 0.2) is 11.5 Å². The second-order valence-electron chi connectivity index (χ2n) is 5.44. The van der Waals surface area contributed by atoms with Crippen LogP contribution in [-0.2, 0) is 6.42 Å². The van der Waals surface area contributed by atoms with Crippen LogP contribution >= 0.6 is 0 Å². The fraction of sp³-hybridized carbons (Fsp3) is 0.368. The minimum Gasteiger partial charge on any atom is -0.504 e. The van der Waals surface area contributed by atoms with E-state index in [1.165, 1.54) is 24.8 Å². The van der Waals surface area contributed by atoms with E-state index in [9.17, 15) is 5.11 Å². The van der Waals surface area contributed by atoms with Gasteiger partial charge in [0.25, 0.3) is 0 Å². The molecular formula is C19H24O2. The summed E-state index contributed by atoms with van der Waals surface area (Å²) in [5.41, 5.74) is 2.30. The zero-order valence-corrected chi connectivity index (χ0v) is 12.9. The first-order valence-electron chi connectivity index (χ1n) is 7.76. The van der Waals surface area contributed by atoms with E-state index >= 15 is 0 Å². The molecule has 112 valence electrons. The number of aryl methyl sites for hydroxylation is 1. The second-order valence-corrected chi connectivity index (χ2v) is 5.44. The van der Waals surface area contributed by atoms with Crippen molar-refractivity contribution in [1.29, 1.82) is 0 Å². The van der Waals surface area contributed by atoms with Gasteiger partial charge >= 0.3 is 0 Å². The molecule has 0 aliphatic rings. The number of phenolic OH excluding ortho intramolecular Hbond substituents is 1. The lowest BCUT2D eigenvalue weighted by Gasteiger charge is -2.15. The average molecular weight is 284 g/mol. The molecule has 0 radical (unpaired) electrons. The van der Waals surface area contributed by atoms with Gasteiger partial charge in [0.2, 0.25) is 0 Å². The minimum atomic E-state index is 0.218. The second kappa shape index (κ2) is 7.72. The van der Waals surface area contributed by atoms with Crippen molar-refractivity contribution < 1.29 is 9.84 Å². The summed E-state index contributed by atoms with van der Waals surface area (Å²) in [6, 6.07) is 13.3. The maximum absolute atomic E-state index is 10.2. The summed E-state index contributed by atoms with van der Waals surface area (Å²) in [4.78, 5) is 0. The molecule has 2 rings (SSSR count). The fourth-order valence-electron chi connectivity index (χ4n) is 2.47. The third-order valence-electron chi connectivity index (χ3n) is 3.72. The highest BCUT2D eigenvalue weighted by Crippen LogP contribution is 2.37. The van der Waals surface area contributed by atoms with Crippen molar-refractivity contribution in [3.8, 4) is 17.2 Å². The lowest BCUT2D eigenvalue weighted by molar-refractivity contribution is 0.406. The van der Waals surface area contributed by atoms with E-state index in [0.29, 0.717) is 5.75 Å². The normalized spacial score (nSPS) is 10.6. The highest BCUT2D eigenvalue weighted by Gasteiger charge is 2.13. The molecule has 0 heterocycles. The van der Waals surface area contributed by atoms with Crippen LogP contribution in [0, 0.1) is 6.92 Å². The Hall–Kier alpha value is -1.96. The Morgan fingerprint density at radius 3 is 2.43 bits per heavy atom. The van der Waals surface area contributed by atoms with E-state index in [1.54, 1.807) is 6.07 Å². The molecule has 0 atom stereocenters. The van der Waals surface area contributed by atoms with E-state index in [2.05, 4.69) is 13.8 Å². The number of hydrogen-bond donors (Lipinski definition) is 1. The van der Waals surface area contributed by atoms with Crippen molar-refractivity contribution in [2.24, 2.45) is 0 Å². The van der Waals surface area contributed by atoms with Crippen LogP contribution in [0.1, 0.15) is 43.7 Å². The van der Waals surface area contributed by atoms with Gasteiger partial charge in [-0.3, -0.25) is 0 Å². The van der Waals surface area contributed by atoms with Gasteiger partial charge in [-0.05, 0) is 43.5 Å². The van der Waals surface area contributed by atoms with Crippen molar-refractivity contribution in [2.45, 2.75) is 46.0 Å². The van der Waals surface area contributed by atoms with Gasteiger partial charge in [-0.1, -0.05) is 50.5 Å². The highest BCUT2D eigenvalue weighted by molar-refractivity contribution is 5.51. The maximum atomic E-state index is 10.2. The number of hydrogen-bond acceptors (Lipinski definition) is 2. The number of unbranched alkanes of at least 4 members (excludes halogenated alkanes) is 3. The molecule has 1 N–H and O–H groups in total. The van der Waals surface area contributed by atoms with Crippen molar-refractivity contribution in [3.63, 3.8) is 0 Å². The number of rotatable bonds is 7. The first-order chi connectivity index (χ1) is 10.2. The van der Waals surface area contributed by atoms with E-state index in [4.69, 9.17) is 4.74 Å². The first-order valence-corrected chi connectivity index (χ1v) is 7.76. The van der Waals surface area contributed by atoms with Crippen molar-refractivity contribution in [1.82, 2.24) is 0 Å². The standard InChI is InChI=1S/C19H24O2/c1-3-4-5-9-12-17-15(2)13-14-18(20)19(17)21-16-10-7-6-8-11-16/h6-8,10-11,13-14,20H,3-5,9,12H2,1-2H3. The SMILES string of the molecule is CCCCCCc1c(C)ccc(O)c1Oc1ccccc1. The Morgan fingerprint density at radius 1 is 0.952 bits per heavy atom. The molecule has 0 saturated carbocycles. The molecule has 2 aromatic carbocycles. The predicted octanol–water partition coefficient (Wildman–Crippen LogP) is 5.62. The largest absolute Gasteiger partial charge is 0.504 e. The molecule has 2 heteroatoms. The number of benzene rings is 2. The van der Waals surface area contributed by atoms with Crippen LogP contribution in [0.2, 0.25) is 0 Å². The van der Waals surface area contributed by atoms with Crippen LogP contribution in [0.5, 0.6) is 17.2 Å². The Morgan fingerprint density at radius 2 is 1.71 bits per heavy atom. The third kappa shape index (κ3) is 4.25. The molecule has 0 amide bonds. The monoisotopic (exact) mass is 284 g/mol. The van der Waals surface area contributed by atoms with Crippen molar-refractivity contribution >= 4 is 0 Å². The maximum Gasteiger partial charge on any atom is 0.172 e. The summed E-state index contributed by atoms with van der Waals surface area (Å²) < 4.78 is 5.93. The van der Waals surface area contributed by atoms with Gasteiger partial charge < -0.3 is 9.84 Å². The van der Waals surface area contributed by atoms with Crippen molar-refractivity contribution in [2.75, 3.05) is 0 Å². The third-order valence-corrected chi connectivity index (χ3v) is 3.72. The van der Waals surface area contributed by atoms with Crippen LogP contribution < -0.4 is 4.74 Å². The Kier molecular flexibility index (Phi) is 5.68. The zero-order valence-electron chi connectivity index (χ0n) is 12.9. The summed E-state index contributed by atoms with van der Waals surface area (Å²) in [5, 5.41) is 10.2. The summed E-state index contributed by atoms with van der Waals surface area (Å²) in [6.07, 6.45) is 5.78. The van der Waals surface area contributed by atoms with E-state index in [1.807, 2.05) is 36.4 Å². The zero-order chi connectivity index (χ0) is 15.1. The predicted molar refractivity (Wildman–Crippen MR) is 87.2 cm³/mol. The van der Waals surface area contributed by atoms with Gasteiger partial charge in [0.05, 0.1) is 0 Å². The number of para-hydroxylation sites is 1. The Bertz CT molecular complexity index is 561. The highest BCUT2D eigenvalue weighted by atomic mass is 16.5. The molecule has 21 heavy (non-hydrogen) atoms. The molecule has 2 nitrogen and oxygen atoms in total. The fourth-order valence-corrected chi connectivity index (χ4v) is 2.47. The molecule has 0 unspecified atom stereocenters. The molecule has 0 spiro atoms. The van der Waals surface area contributed by atoms with Crippen LogP contribution in [0.25, 0.3) is 0 Å². The first kappa shape index (κ1) is 15.4. The summed E-state index contributed by atoms with van der Waals surface area (Å²) >= 11 is 0. The molecule has 0 aromatic heterocycles. The van der Waals surface area contributed by atoms with Gasteiger partial charge in [-0.2, -0.15) is 0 Å². The number of aromatic hydroxyl groups is 1. The van der Waals surface area contributed by atoms with Gasteiger partial charge in [0, 0.05) is 5.56 Å². The van der Waals surface area contributed by atoms with Crippen molar-refractivity contribution in [3.05, 3.63) is 53.6 Å². The van der Waals surface area contributed by atoms with E-state index < -0.39 is 0 Å². The molecule has 0 aliphatic heterocycles. The smallest absolute Gasteiger partial charge is 0.172 e. The van der Waals surface area contributed by atoms with E-state index in [-0.39, 0.29) is 5.75 Å². The minimum absolute atomic E-state index is 0.218. The van der Waals surface area contributed by atoms with Crippen LogP contribution in [0.4, 0.5) is 0 Å². The average Bonchev–Trinajstić information content (AvgIpc) is 2.51. The summed E-state index contributed by atoms with van der Waals surface area (Å²) in [6.45, 7) is 4.29. The lowest BCUT2D eigenvalue weighted by atomic mass is 10.00. The number of ether oxygens (including phenoxy) is 1. The van der Waals surface area contributed by atoms with Crippen LogP contribution in [-0.4, -0.2) is 5.11 Å². The quantitative estimate of drug-likeness (QED) is 0.669. The molecule has 0 saturated heterocycles. The van der Waals surface area contributed by atoms with Gasteiger partial charge in [-0.25, -0.2) is 0 Å². The van der Waals surface area contributed by atoms with Crippen LogP contribution in [0.3, 0.4) is 0 Å². The molecule has 0 fully saturated rings. The lowest BCUT2D eigenvalue weighted by Crippen LogP contribution is -1.96. The molecule has 0 aliphatic carbocycles. The van der Waals surface area contributed by atoms with Crippen LogP contribution in [0.15, 0.2) is 42.5 Å². The Balaban J connectivity index is 2.20. The number of phenols is 1. The molecule has 0 bridgehead atoms. The molecular weight excluding hydrogens is 260 g/mol. The Labute approximate surface area is 127 Å². The van der Waals surface area contributed by atoms with Gasteiger partial charge in [0.1, 0.15) is 5.75 Å². The summed E-state index contributed by atoms with van der Waals surface area (Å²) in [5.74, 6) is 1.58. The molecule has 2 aromatic rings.